The monoisotopic (exact) mass is 235 g/mol. The summed E-state index contributed by atoms with van der Waals surface area (Å²) in [5, 5.41) is 0. The molecular weight excluding hydrogens is 214 g/mol. The smallest absolute Gasteiger partial charge is 0.250 e. The highest BCUT2D eigenvalue weighted by Gasteiger charge is 2.20. The summed E-state index contributed by atoms with van der Waals surface area (Å²) < 4.78 is 1.78. The van der Waals surface area contributed by atoms with Gasteiger partial charge in [-0.25, -0.2) is 0 Å². The number of rotatable bonds is 1. The summed E-state index contributed by atoms with van der Waals surface area (Å²) in [6.07, 6.45) is 4.74. The number of Topliss-reactive ketones (excluding diaryl/α,β-unsaturated/α-hetero) is 1. The molecule has 0 N–H and O–H groups in total. The fraction of sp³-hybridized carbons (Fsp3) is 0.571. The number of ketones is 1. The number of carbonyl (C=O) groups is 1. The number of aromatic nitrogens is 1. The number of hydrogen-bond donors (Lipinski definition) is 0. The second kappa shape index (κ2) is 6.38. The van der Waals surface area contributed by atoms with Gasteiger partial charge >= 0.3 is 0 Å². The second-order valence-electron chi connectivity index (χ2n) is 4.22. The number of pyridine rings is 1. The Morgan fingerprint density at radius 2 is 1.71 bits per heavy atom. The quantitative estimate of drug-likeness (QED) is 0.750. The molecule has 0 atom stereocenters. The third kappa shape index (κ3) is 3.55. The molecule has 0 radical (unpaired) electrons. The van der Waals surface area contributed by atoms with Crippen LogP contribution in [0.15, 0.2) is 23.1 Å². The zero-order chi connectivity index (χ0) is 12.8. The predicted octanol–water partition coefficient (Wildman–Crippen LogP) is 2.87. The zero-order valence-corrected chi connectivity index (χ0v) is 10.9. The summed E-state index contributed by atoms with van der Waals surface area (Å²) in [6, 6.07) is 3.65. The van der Waals surface area contributed by atoms with E-state index in [9.17, 15) is 9.59 Å². The Morgan fingerprint density at radius 3 is 2.29 bits per heavy atom. The van der Waals surface area contributed by atoms with Crippen molar-refractivity contribution in [2.24, 2.45) is 0 Å². The van der Waals surface area contributed by atoms with Gasteiger partial charge in [0.05, 0.1) is 0 Å². The first-order chi connectivity index (χ1) is 8.16. The van der Waals surface area contributed by atoms with Crippen molar-refractivity contribution in [1.29, 1.82) is 0 Å². The Bertz CT molecular complexity index is 424. The first-order valence-corrected chi connectivity index (χ1v) is 6.37. The molecule has 0 aliphatic heterocycles. The summed E-state index contributed by atoms with van der Waals surface area (Å²) >= 11 is 0. The molecule has 0 unspecified atom stereocenters. The predicted molar refractivity (Wildman–Crippen MR) is 69.3 cm³/mol. The molecule has 1 fully saturated rings. The van der Waals surface area contributed by atoms with E-state index in [0.717, 1.165) is 18.4 Å². The van der Waals surface area contributed by atoms with Gasteiger partial charge in [-0.05, 0) is 25.3 Å². The first-order valence-electron chi connectivity index (χ1n) is 6.37. The summed E-state index contributed by atoms with van der Waals surface area (Å²) in [5.74, 6) is 0.326. The third-order valence-electron chi connectivity index (χ3n) is 2.99. The van der Waals surface area contributed by atoms with Crippen LogP contribution in [0, 0.1) is 6.92 Å². The van der Waals surface area contributed by atoms with Crippen LogP contribution in [0.2, 0.25) is 0 Å². The highest BCUT2D eigenvalue weighted by molar-refractivity contribution is 5.79. The van der Waals surface area contributed by atoms with Gasteiger partial charge in [0.25, 0.3) is 5.56 Å². The van der Waals surface area contributed by atoms with Crippen LogP contribution in [-0.4, -0.2) is 10.4 Å². The number of carbonyl (C=O) groups excluding carboxylic acids is 1. The van der Waals surface area contributed by atoms with Crippen LogP contribution in [0.3, 0.4) is 0 Å². The van der Waals surface area contributed by atoms with Gasteiger partial charge in [-0.15, -0.1) is 0 Å². The van der Waals surface area contributed by atoms with Crippen LogP contribution in [0.1, 0.15) is 51.1 Å². The summed E-state index contributed by atoms with van der Waals surface area (Å²) in [6.45, 7) is 5.98. The van der Waals surface area contributed by atoms with Crippen molar-refractivity contribution in [2.45, 2.75) is 52.5 Å². The molecular formula is C14H21NO2. The number of hydrogen-bond acceptors (Lipinski definition) is 2. The van der Waals surface area contributed by atoms with Gasteiger partial charge in [0.15, 0.2) is 0 Å². The highest BCUT2D eigenvalue weighted by atomic mass is 16.1. The molecule has 0 bridgehead atoms. The Labute approximate surface area is 102 Å². The Morgan fingerprint density at radius 1 is 1.12 bits per heavy atom. The standard InChI is InChI=1S/C12H15NO2.C2H6/c1-9-2-7-12(15)13(8-9)10-3-5-11(14)6-4-10;1-2/h2,7-8,10H,3-6H2,1H3;1-2H3. The Balaban J connectivity index is 0.000000686. The van der Waals surface area contributed by atoms with Crippen LogP contribution in [-0.2, 0) is 4.79 Å². The van der Waals surface area contributed by atoms with Crippen molar-refractivity contribution < 1.29 is 4.79 Å². The highest BCUT2D eigenvalue weighted by Crippen LogP contribution is 2.24. The van der Waals surface area contributed by atoms with E-state index >= 15 is 0 Å². The van der Waals surface area contributed by atoms with E-state index in [1.807, 2.05) is 33.0 Å². The molecule has 1 aliphatic carbocycles. The average molecular weight is 235 g/mol. The van der Waals surface area contributed by atoms with Gasteiger partial charge in [0, 0.05) is 31.1 Å². The molecule has 1 saturated carbocycles. The average Bonchev–Trinajstić information content (AvgIpc) is 2.36. The molecule has 1 aromatic heterocycles. The van der Waals surface area contributed by atoms with E-state index in [0.29, 0.717) is 18.6 Å². The lowest BCUT2D eigenvalue weighted by molar-refractivity contribution is -0.120. The molecule has 0 aromatic carbocycles. The van der Waals surface area contributed by atoms with E-state index < -0.39 is 0 Å². The summed E-state index contributed by atoms with van der Waals surface area (Å²) in [7, 11) is 0. The molecule has 0 spiro atoms. The third-order valence-corrected chi connectivity index (χ3v) is 2.99. The molecule has 0 amide bonds. The minimum absolute atomic E-state index is 0.0416. The van der Waals surface area contributed by atoms with E-state index in [4.69, 9.17) is 0 Å². The summed E-state index contributed by atoms with van der Waals surface area (Å²) in [4.78, 5) is 22.7. The van der Waals surface area contributed by atoms with Gasteiger partial charge in [-0.2, -0.15) is 0 Å². The van der Waals surface area contributed by atoms with Crippen molar-refractivity contribution in [3.8, 4) is 0 Å². The minimum Gasteiger partial charge on any atom is -0.312 e. The lowest BCUT2D eigenvalue weighted by Crippen LogP contribution is -2.27. The topological polar surface area (TPSA) is 39.1 Å². The maximum Gasteiger partial charge on any atom is 0.250 e. The van der Waals surface area contributed by atoms with Gasteiger partial charge in [-0.1, -0.05) is 19.9 Å². The Hall–Kier alpha value is -1.38. The largest absolute Gasteiger partial charge is 0.312 e. The maximum absolute atomic E-state index is 11.6. The van der Waals surface area contributed by atoms with Gasteiger partial charge < -0.3 is 4.57 Å². The van der Waals surface area contributed by atoms with E-state index in [-0.39, 0.29) is 11.6 Å². The van der Waals surface area contributed by atoms with Crippen molar-refractivity contribution in [1.82, 2.24) is 4.57 Å². The Kier molecular flexibility index (Phi) is 5.13. The molecule has 94 valence electrons. The molecule has 2 rings (SSSR count). The van der Waals surface area contributed by atoms with Gasteiger partial charge in [-0.3, -0.25) is 9.59 Å². The molecule has 0 saturated heterocycles. The molecule has 1 aromatic rings. The number of aryl methyl sites for hydroxylation is 1. The second-order valence-corrected chi connectivity index (χ2v) is 4.22. The van der Waals surface area contributed by atoms with Crippen LogP contribution < -0.4 is 5.56 Å². The van der Waals surface area contributed by atoms with E-state index in [1.165, 1.54) is 0 Å². The molecule has 1 aliphatic rings. The first kappa shape index (κ1) is 13.7. The lowest BCUT2D eigenvalue weighted by Gasteiger charge is -2.23. The minimum atomic E-state index is 0.0416. The van der Waals surface area contributed by atoms with Crippen molar-refractivity contribution in [3.63, 3.8) is 0 Å². The van der Waals surface area contributed by atoms with Gasteiger partial charge in [0.2, 0.25) is 0 Å². The molecule has 3 heteroatoms. The fourth-order valence-electron chi connectivity index (χ4n) is 2.10. The van der Waals surface area contributed by atoms with Crippen LogP contribution >= 0.6 is 0 Å². The van der Waals surface area contributed by atoms with Crippen LogP contribution in [0.25, 0.3) is 0 Å². The van der Waals surface area contributed by atoms with E-state index in [1.54, 1.807) is 10.6 Å². The summed E-state index contributed by atoms with van der Waals surface area (Å²) in [5.41, 5.74) is 1.13. The van der Waals surface area contributed by atoms with E-state index in [2.05, 4.69) is 0 Å². The van der Waals surface area contributed by atoms with Crippen molar-refractivity contribution >= 4 is 5.78 Å². The SMILES string of the molecule is CC.Cc1ccc(=O)n(C2CCC(=O)CC2)c1. The van der Waals surface area contributed by atoms with Crippen LogP contribution in [0.5, 0.6) is 0 Å². The molecule has 17 heavy (non-hydrogen) atoms. The van der Waals surface area contributed by atoms with Crippen LogP contribution in [0.4, 0.5) is 0 Å². The molecule has 1 heterocycles. The number of nitrogens with zero attached hydrogens (tertiary/aromatic N) is 1. The lowest BCUT2D eigenvalue weighted by atomic mass is 9.94. The normalized spacial score (nSPS) is 16.3. The zero-order valence-electron chi connectivity index (χ0n) is 10.9. The van der Waals surface area contributed by atoms with Crippen molar-refractivity contribution in [2.75, 3.05) is 0 Å². The van der Waals surface area contributed by atoms with Gasteiger partial charge in [0.1, 0.15) is 5.78 Å². The maximum atomic E-state index is 11.6. The van der Waals surface area contributed by atoms with Crippen molar-refractivity contribution in [3.05, 3.63) is 34.2 Å². The molecule has 3 nitrogen and oxygen atoms in total. The fourth-order valence-corrected chi connectivity index (χ4v) is 2.10.